The van der Waals surface area contributed by atoms with Crippen LogP contribution in [-0.2, 0) is 6.18 Å². The summed E-state index contributed by atoms with van der Waals surface area (Å²) in [7, 11) is 0. The van der Waals surface area contributed by atoms with Crippen molar-refractivity contribution in [3.05, 3.63) is 17.0 Å². The van der Waals surface area contributed by atoms with Crippen LogP contribution in [0.1, 0.15) is 73.2 Å². The van der Waals surface area contributed by atoms with Crippen LogP contribution < -0.4 is 5.32 Å². The summed E-state index contributed by atoms with van der Waals surface area (Å²) in [6.07, 6.45) is 0.599. The highest BCUT2D eigenvalue weighted by Gasteiger charge is 2.41. The zero-order chi connectivity index (χ0) is 16.3. The molecule has 0 radical (unpaired) electrons. The second kappa shape index (κ2) is 6.71. The molecule has 4 nitrogen and oxygen atoms in total. The predicted octanol–water partition coefficient (Wildman–Crippen LogP) is 3.86. The van der Waals surface area contributed by atoms with Gasteiger partial charge in [0.1, 0.15) is 0 Å². The van der Waals surface area contributed by atoms with Crippen LogP contribution in [0.15, 0.2) is 0 Å². The van der Waals surface area contributed by atoms with E-state index in [0.29, 0.717) is 12.2 Å². The van der Waals surface area contributed by atoms with Crippen molar-refractivity contribution in [1.82, 2.24) is 15.1 Å². The molecule has 1 amide bonds. The maximum Gasteiger partial charge on any atom is 0.435 e. The molecule has 0 atom stereocenters. The summed E-state index contributed by atoms with van der Waals surface area (Å²) in [5, 5.41) is 6.31. The number of unbranched alkanes of at least 4 members (excludes halogenated alkanes) is 1. The van der Waals surface area contributed by atoms with Crippen LogP contribution in [0.4, 0.5) is 13.2 Å². The fourth-order valence-corrected chi connectivity index (χ4v) is 2.96. The molecule has 1 N–H and O–H groups in total. The van der Waals surface area contributed by atoms with Gasteiger partial charge < -0.3 is 5.32 Å². The molecular formula is C15H22F3N3O. The summed E-state index contributed by atoms with van der Waals surface area (Å²) < 4.78 is 41.1. The Kier molecular flexibility index (Phi) is 5.13. The fraction of sp³-hybridized carbons (Fsp3) is 0.733. The standard InChI is InChI=1S/C15H22F3N3O/c1-3-4-9-19-14(22)12-10(2)21(11-7-5-6-8-11)20-13(12)15(16,17)18/h11H,3-9H2,1-2H3,(H,19,22). The molecule has 1 aromatic rings. The molecule has 0 spiro atoms. The van der Waals surface area contributed by atoms with Crippen LogP contribution in [0.25, 0.3) is 0 Å². The van der Waals surface area contributed by atoms with E-state index >= 15 is 0 Å². The van der Waals surface area contributed by atoms with Gasteiger partial charge in [-0.2, -0.15) is 18.3 Å². The summed E-state index contributed by atoms with van der Waals surface area (Å²) in [6, 6.07) is -0.0294. The lowest BCUT2D eigenvalue weighted by Gasteiger charge is -2.12. The van der Waals surface area contributed by atoms with Crippen molar-refractivity contribution in [2.75, 3.05) is 6.54 Å². The van der Waals surface area contributed by atoms with E-state index in [1.54, 1.807) is 6.92 Å². The lowest BCUT2D eigenvalue weighted by molar-refractivity contribution is -0.141. The minimum atomic E-state index is -4.62. The maximum atomic E-state index is 13.2. The number of nitrogens with one attached hydrogen (secondary N) is 1. The third kappa shape index (κ3) is 3.44. The number of hydrogen-bond donors (Lipinski definition) is 1. The highest BCUT2D eigenvalue weighted by atomic mass is 19.4. The zero-order valence-corrected chi connectivity index (χ0v) is 13.0. The Hall–Kier alpha value is -1.53. The van der Waals surface area contributed by atoms with Crippen molar-refractivity contribution in [2.45, 2.75) is 64.6 Å². The minimum absolute atomic E-state index is 0.0294. The number of carbonyl (C=O) groups excluding carboxylic acids is 1. The first-order valence-corrected chi connectivity index (χ1v) is 7.80. The highest BCUT2D eigenvalue weighted by molar-refractivity contribution is 5.96. The van der Waals surface area contributed by atoms with Crippen molar-refractivity contribution in [1.29, 1.82) is 0 Å². The Morgan fingerprint density at radius 3 is 2.55 bits per heavy atom. The normalized spacial score (nSPS) is 16.2. The van der Waals surface area contributed by atoms with E-state index < -0.39 is 17.8 Å². The monoisotopic (exact) mass is 317 g/mol. The fourth-order valence-electron chi connectivity index (χ4n) is 2.96. The van der Waals surface area contributed by atoms with Crippen LogP contribution in [0.3, 0.4) is 0 Å². The number of halogens is 3. The maximum absolute atomic E-state index is 13.2. The molecule has 1 aromatic heterocycles. The highest BCUT2D eigenvalue weighted by Crippen LogP contribution is 2.36. The van der Waals surface area contributed by atoms with Crippen LogP contribution in [-0.4, -0.2) is 22.2 Å². The van der Waals surface area contributed by atoms with Gasteiger partial charge in [-0.05, 0) is 26.2 Å². The Bertz CT molecular complexity index is 531. The van der Waals surface area contributed by atoms with Gasteiger partial charge in [0, 0.05) is 12.2 Å². The second-order valence-corrected chi connectivity index (χ2v) is 5.80. The lowest BCUT2D eigenvalue weighted by Crippen LogP contribution is -2.27. The number of rotatable bonds is 5. The summed E-state index contributed by atoms with van der Waals surface area (Å²) in [6.45, 7) is 3.88. The molecule has 1 aliphatic rings. The van der Waals surface area contributed by atoms with Gasteiger partial charge in [-0.3, -0.25) is 9.48 Å². The predicted molar refractivity (Wildman–Crippen MR) is 76.7 cm³/mol. The average Bonchev–Trinajstić information content (AvgIpc) is 3.05. The Balaban J connectivity index is 2.34. The number of alkyl halides is 3. The first-order valence-electron chi connectivity index (χ1n) is 7.80. The van der Waals surface area contributed by atoms with Gasteiger partial charge in [0.25, 0.3) is 5.91 Å². The third-order valence-corrected chi connectivity index (χ3v) is 4.13. The molecule has 0 aliphatic heterocycles. The van der Waals surface area contributed by atoms with Crippen molar-refractivity contribution in [3.63, 3.8) is 0 Å². The zero-order valence-electron chi connectivity index (χ0n) is 13.0. The van der Waals surface area contributed by atoms with Crippen LogP contribution in [0.2, 0.25) is 0 Å². The quantitative estimate of drug-likeness (QED) is 0.838. The van der Waals surface area contributed by atoms with Crippen LogP contribution in [0, 0.1) is 6.92 Å². The van der Waals surface area contributed by atoms with E-state index in [9.17, 15) is 18.0 Å². The molecule has 1 fully saturated rings. The Morgan fingerprint density at radius 2 is 2.00 bits per heavy atom. The van der Waals surface area contributed by atoms with E-state index in [4.69, 9.17) is 0 Å². The molecule has 1 aliphatic carbocycles. The molecule has 22 heavy (non-hydrogen) atoms. The molecule has 0 aromatic carbocycles. The lowest BCUT2D eigenvalue weighted by atomic mass is 10.1. The van der Waals surface area contributed by atoms with E-state index in [1.807, 2.05) is 6.92 Å². The molecule has 1 heterocycles. The summed E-state index contributed by atoms with van der Waals surface area (Å²) in [5.74, 6) is -0.678. The molecule has 0 bridgehead atoms. The number of nitrogens with zero attached hydrogens (tertiary/aromatic N) is 2. The van der Waals surface area contributed by atoms with Crippen molar-refractivity contribution in [3.8, 4) is 0 Å². The van der Waals surface area contributed by atoms with Gasteiger partial charge in [0.2, 0.25) is 0 Å². The van der Waals surface area contributed by atoms with Gasteiger partial charge in [0.05, 0.1) is 11.6 Å². The van der Waals surface area contributed by atoms with Crippen molar-refractivity contribution >= 4 is 5.91 Å². The van der Waals surface area contributed by atoms with E-state index in [2.05, 4.69) is 10.4 Å². The van der Waals surface area contributed by atoms with Crippen molar-refractivity contribution in [2.24, 2.45) is 0 Å². The first-order chi connectivity index (χ1) is 10.4. The first kappa shape index (κ1) is 16.8. The van der Waals surface area contributed by atoms with Crippen molar-refractivity contribution < 1.29 is 18.0 Å². The van der Waals surface area contributed by atoms with Crippen LogP contribution in [0.5, 0.6) is 0 Å². The molecular weight excluding hydrogens is 295 g/mol. The van der Waals surface area contributed by atoms with Gasteiger partial charge >= 0.3 is 6.18 Å². The average molecular weight is 317 g/mol. The number of carbonyl (C=O) groups is 1. The van der Waals surface area contributed by atoms with E-state index in [-0.39, 0.29) is 11.6 Å². The van der Waals surface area contributed by atoms with Gasteiger partial charge in [-0.1, -0.05) is 26.2 Å². The van der Waals surface area contributed by atoms with Crippen LogP contribution >= 0.6 is 0 Å². The topological polar surface area (TPSA) is 46.9 Å². The van der Waals surface area contributed by atoms with Gasteiger partial charge in [0.15, 0.2) is 5.69 Å². The number of hydrogen-bond acceptors (Lipinski definition) is 2. The molecule has 124 valence electrons. The smallest absolute Gasteiger partial charge is 0.352 e. The summed E-state index contributed by atoms with van der Waals surface area (Å²) >= 11 is 0. The molecule has 1 saturated carbocycles. The van der Waals surface area contributed by atoms with E-state index in [1.165, 1.54) is 4.68 Å². The Morgan fingerprint density at radius 1 is 1.36 bits per heavy atom. The molecule has 0 unspecified atom stereocenters. The third-order valence-electron chi connectivity index (χ3n) is 4.13. The number of amides is 1. The number of aromatic nitrogens is 2. The summed E-state index contributed by atoms with van der Waals surface area (Å²) in [4.78, 5) is 12.2. The summed E-state index contributed by atoms with van der Waals surface area (Å²) in [5.41, 5.74) is -1.07. The van der Waals surface area contributed by atoms with E-state index in [0.717, 1.165) is 38.5 Å². The second-order valence-electron chi connectivity index (χ2n) is 5.80. The van der Waals surface area contributed by atoms with Gasteiger partial charge in [-0.25, -0.2) is 0 Å². The Labute approximate surface area is 128 Å². The molecule has 0 saturated heterocycles. The largest absolute Gasteiger partial charge is 0.435 e. The minimum Gasteiger partial charge on any atom is -0.352 e. The SMILES string of the molecule is CCCCNC(=O)c1c(C(F)(F)F)nn(C2CCCC2)c1C. The molecule has 7 heteroatoms. The van der Waals surface area contributed by atoms with Gasteiger partial charge in [-0.15, -0.1) is 0 Å². The molecule has 2 rings (SSSR count).